The molecule has 2 aromatic rings. The Morgan fingerprint density at radius 1 is 1.07 bits per heavy atom. The van der Waals surface area contributed by atoms with Gasteiger partial charge in [-0.3, -0.25) is 0 Å². The molecule has 3 rings (SSSR count). The van der Waals surface area contributed by atoms with Crippen LogP contribution in [-0.2, 0) is 9.84 Å². The topological polar surface area (TPSA) is 67.9 Å². The van der Waals surface area contributed by atoms with Gasteiger partial charge in [-0.25, -0.2) is 8.42 Å². The van der Waals surface area contributed by atoms with Gasteiger partial charge in [0.15, 0.2) is 0 Å². The van der Waals surface area contributed by atoms with E-state index in [1.807, 2.05) is 12.1 Å². The van der Waals surface area contributed by atoms with Gasteiger partial charge in [-0.2, -0.15) is 8.78 Å². The van der Waals surface area contributed by atoms with Crippen molar-refractivity contribution in [3.8, 4) is 11.5 Å². The fraction of sp³-hybridized carbons (Fsp3) is 0.400. The second kappa shape index (κ2) is 8.86. The van der Waals surface area contributed by atoms with E-state index in [0.717, 1.165) is 30.8 Å². The minimum atomic E-state index is -4.58. The summed E-state index contributed by atoms with van der Waals surface area (Å²) in [5, 5.41) is 3.48. The number of sulfone groups is 1. The van der Waals surface area contributed by atoms with Crippen LogP contribution in [-0.4, -0.2) is 47.5 Å². The number of nitrogens with one attached hydrogen (secondary N) is 1. The molecule has 1 heterocycles. The summed E-state index contributed by atoms with van der Waals surface area (Å²) in [7, 11) is -1.38. The van der Waals surface area contributed by atoms with Crippen LogP contribution in [0.25, 0.3) is 0 Å². The minimum absolute atomic E-state index is 0.157. The summed E-state index contributed by atoms with van der Waals surface area (Å²) in [5.74, 6) is -2.04. The van der Waals surface area contributed by atoms with Gasteiger partial charge < -0.3 is 19.7 Å². The monoisotopic (exact) mass is 426 g/mol. The molecule has 6 nitrogen and oxygen atoms in total. The smallest absolute Gasteiger partial charge is 0.341 e. The molecular weight excluding hydrogens is 402 g/mol. The Balaban J connectivity index is 1.71. The number of methoxy groups -OCH3 is 2. The molecule has 0 saturated carbocycles. The molecule has 1 fully saturated rings. The van der Waals surface area contributed by atoms with Crippen LogP contribution in [0.3, 0.4) is 0 Å². The summed E-state index contributed by atoms with van der Waals surface area (Å²) in [5.41, 5.74) is 1.68. The highest BCUT2D eigenvalue weighted by Crippen LogP contribution is 2.29. The van der Waals surface area contributed by atoms with Crippen molar-refractivity contribution in [1.82, 2.24) is 0 Å². The minimum Gasteiger partial charge on any atom is -0.497 e. The largest absolute Gasteiger partial charge is 0.497 e. The molecular formula is C20H24F2N2O4S. The van der Waals surface area contributed by atoms with E-state index in [2.05, 4.69) is 10.2 Å². The molecule has 0 aromatic heterocycles. The zero-order valence-electron chi connectivity index (χ0n) is 16.3. The highest BCUT2D eigenvalue weighted by atomic mass is 32.2. The van der Waals surface area contributed by atoms with Crippen molar-refractivity contribution in [3.05, 3.63) is 42.5 Å². The van der Waals surface area contributed by atoms with Crippen molar-refractivity contribution >= 4 is 21.2 Å². The van der Waals surface area contributed by atoms with E-state index in [1.165, 1.54) is 12.1 Å². The molecule has 0 bridgehead atoms. The van der Waals surface area contributed by atoms with E-state index in [-0.39, 0.29) is 10.9 Å². The number of hydrogen-bond acceptors (Lipinski definition) is 6. The maximum atomic E-state index is 12.7. The molecule has 0 spiro atoms. The lowest BCUT2D eigenvalue weighted by Gasteiger charge is -2.35. The first kappa shape index (κ1) is 21.2. The van der Waals surface area contributed by atoms with Crippen LogP contribution in [0.15, 0.2) is 47.4 Å². The van der Waals surface area contributed by atoms with Crippen LogP contribution < -0.4 is 19.7 Å². The van der Waals surface area contributed by atoms with Crippen molar-refractivity contribution < 1.29 is 26.7 Å². The van der Waals surface area contributed by atoms with Crippen molar-refractivity contribution in [3.63, 3.8) is 0 Å². The Bertz CT molecular complexity index is 914. The Morgan fingerprint density at radius 3 is 2.24 bits per heavy atom. The van der Waals surface area contributed by atoms with E-state index >= 15 is 0 Å². The van der Waals surface area contributed by atoms with E-state index in [0.29, 0.717) is 18.0 Å². The summed E-state index contributed by atoms with van der Waals surface area (Å²) in [6.45, 7) is 1.50. The molecule has 9 heteroatoms. The van der Waals surface area contributed by atoms with Crippen LogP contribution >= 0.6 is 0 Å². The first-order chi connectivity index (χ1) is 13.8. The molecule has 29 heavy (non-hydrogen) atoms. The molecule has 1 atom stereocenters. The third-order valence-electron chi connectivity index (χ3n) is 4.91. The first-order valence-corrected chi connectivity index (χ1v) is 10.7. The SMILES string of the molecule is COc1cc(NC2CCCN(c3ccc(S(=O)(=O)C(F)F)cc3)C2)cc(OC)c1. The number of anilines is 2. The fourth-order valence-corrected chi connectivity index (χ4v) is 4.13. The number of rotatable bonds is 7. The summed E-state index contributed by atoms with van der Waals surface area (Å²) in [6.07, 6.45) is 1.91. The lowest BCUT2D eigenvalue weighted by molar-refractivity contribution is 0.234. The molecule has 158 valence electrons. The standard InChI is InChI=1S/C20H24F2N2O4S/c1-27-17-10-15(11-18(12-17)28-2)23-14-4-3-9-24(13-14)16-5-7-19(8-6-16)29(25,26)20(21)22/h5-8,10-12,14,20,23H,3-4,9,13H2,1-2H3. The number of benzene rings is 2. The van der Waals surface area contributed by atoms with Gasteiger partial charge in [0.1, 0.15) is 11.5 Å². The Morgan fingerprint density at radius 2 is 1.69 bits per heavy atom. The van der Waals surface area contributed by atoms with Gasteiger partial charge in [-0.15, -0.1) is 0 Å². The second-order valence-corrected chi connectivity index (χ2v) is 8.75. The maximum absolute atomic E-state index is 12.7. The van der Waals surface area contributed by atoms with E-state index < -0.39 is 15.6 Å². The number of ether oxygens (including phenoxy) is 2. The lowest BCUT2D eigenvalue weighted by atomic mass is 10.0. The predicted octanol–water partition coefficient (Wildman–Crippen LogP) is 3.78. The summed E-state index contributed by atoms with van der Waals surface area (Å²) < 4.78 is 59.2. The predicted molar refractivity (Wildman–Crippen MR) is 108 cm³/mol. The van der Waals surface area contributed by atoms with Gasteiger partial charge in [-0.05, 0) is 37.1 Å². The molecule has 1 unspecified atom stereocenters. The molecule has 0 radical (unpaired) electrons. The van der Waals surface area contributed by atoms with Crippen molar-refractivity contribution in [2.24, 2.45) is 0 Å². The normalized spacial score (nSPS) is 17.3. The van der Waals surface area contributed by atoms with E-state index in [4.69, 9.17) is 9.47 Å². The van der Waals surface area contributed by atoms with E-state index in [1.54, 1.807) is 32.4 Å². The number of nitrogens with zero attached hydrogens (tertiary/aromatic N) is 1. The van der Waals surface area contributed by atoms with Crippen molar-refractivity contribution in [1.29, 1.82) is 0 Å². The van der Waals surface area contributed by atoms with Crippen molar-refractivity contribution in [2.45, 2.75) is 29.5 Å². The maximum Gasteiger partial charge on any atom is 0.341 e. The van der Waals surface area contributed by atoms with Crippen LogP contribution in [0.4, 0.5) is 20.2 Å². The molecule has 1 aliphatic heterocycles. The fourth-order valence-electron chi connectivity index (χ4n) is 3.41. The van der Waals surface area contributed by atoms with Gasteiger partial charge in [0.25, 0.3) is 0 Å². The zero-order valence-corrected chi connectivity index (χ0v) is 17.1. The van der Waals surface area contributed by atoms with Gasteiger partial charge in [0.2, 0.25) is 9.84 Å². The van der Waals surface area contributed by atoms with Gasteiger partial charge in [-0.1, -0.05) is 0 Å². The Labute approximate surface area is 169 Å². The summed E-state index contributed by atoms with van der Waals surface area (Å²) in [6, 6.07) is 11.4. The molecule has 1 N–H and O–H groups in total. The first-order valence-electron chi connectivity index (χ1n) is 9.20. The Hall–Kier alpha value is -2.55. The number of hydrogen-bond donors (Lipinski definition) is 1. The second-order valence-electron chi connectivity index (χ2n) is 6.83. The highest BCUT2D eigenvalue weighted by molar-refractivity contribution is 7.91. The third kappa shape index (κ3) is 4.90. The van der Waals surface area contributed by atoms with Gasteiger partial charge in [0, 0.05) is 48.7 Å². The number of alkyl halides is 2. The Kier molecular flexibility index (Phi) is 6.46. The lowest BCUT2D eigenvalue weighted by Crippen LogP contribution is -2.42. The zero-order chi connectivity index (χ0) is 21.0. The summed E-state index contributed by atoms with van der Waals surface area (Å²) in [4.78, 5) is 1.74. The average Bonchev–Trinajstić information content (AvgIpc) is 2.73. The van der Waals surface area contributed by atoms with Gasteiger partial charge in [0.05, 0.1) is 19.1 Å². The summed E-state index contributed by atoms with van der Waals surface area (Å²) >= 11 is 0. The molecule has 0 amide bonds. The quantitative estimate of drug-likeness (QED) is 0.727. The third-order valence-corrected chi connectivity index (χ3v) is 6.31. The molecule has 2 aromatic carbocycles. The molecule has 1 aliphatic rings. The van der Waals surface area contributed by atoms with Crippen LogP contribution in [0, 0.1) is 0 Å². The van der Waals surface area contributed by atoms with Gasteiger partial charge >= 0.3 is 5.76 Å². The van der Waals surface area contributed by atoms with Crippen LogP contribution in [0.5, 0.6) is 11.5 Å². The highest BCUT2D eigenvalue weighted by Gasteiger charge is 2.27. The van der Waals surface area contributed by atoms with Crippen LogP contribution in [0.2, 0.25) is 0 Å². The average molecular weight is 426 g/mol. The van der Waals surface area contributed by atoms with E-state index in [9.17, 15) is 17.2 Å². The van der Waals surface area contributed by atoms with Crippen molar-refractivity contribution in [2.75, 3.05) is 37.5 Å². The van der Waals surface area contributed by atoms with Crippen LogP contribution in [0.1, 0.15) is 12.8 Å². The number of piperidine rings is 1. The molecule has 1 saturated heterocycles. The number of halogens is 2. The molecule has 0 aliphatic carbocycles.